The van der Waals surface area contributed by atoms with Crippen LogP contribution >= 0.6 is 0 Å². The first-order valence-corrected chi connectivity index (χ1v) is 5.78. The van der Waals surface area contributed by atoms with Crippen LogP contribution in [-0.4, -0.2) is 31.5 Å². The molecule has 0 saturated heterocycles. The molecule has 0 aliphatic rings. The highest BCUT2D eigenvalue weighted by molar-refractivity contribution is 5.20. The second-order valence-electron chi connectivity index (χ2n) is 4.16. The number of hydrogen-bond acceptors (Lipinski definition) is 3. The van der Waals surface area contributed by atoms with Gasteiger partial charge in [-0.05, 0) is 26.6 Å². The molecule has 1 heterocycles. The summed E-state index contributed by atoms with van der Waals surface area (Å²) < 4.78 is 29.9. The van der Waals surface area contributed by atoms with Crippen molar-refractivity contribution >= 4 is 0 Å². The van der Waals surface area contributed by atoms with Crippen LogP contribution in [0.4, 0.5) is 8.78 Å². The van der Waals surface area contributed by atoms with Crippen molar-refractivity contribution in [3.05, 3.63) is 23.2 Å². The maximum atomic E-state index is 12.2. The van der Waals surface area contributed by atoms with Crippen molar-refractivity contribution in [3.8, 4) is 0 Å². The van der Waals surface area contributed by atoms with E-state index < -0.39 is 6.43 Å². The van der Waals surface area contributed by atoms with Gasteiger partial charge in [-0.25, -0.2) is 8.78 Å². The van der Waals surface area contributed by atoms with E-state index in [0.29, 0.717) is 6.54 Å². The normalized spacial score (nSPS) is 11.7. The third-order valence-corrected chi connectivity index (χ3v) is 2.51. The average molecular weight is 246 g/mol. The quantitative estimate of drug-likeness (QED) is 0.800. The first-order chi connectivity index (χ1) is 8.02. The molecule has 0 saturated carbocycles. The van der Waals surface area contributed by atoms with E-state index in [4.69, 9.17) is 4.42 Å². The minimum atomic E-state index is -2.31. The maximum absolute atomic E-state index is 12.2. The van der Waals surface area contributed by atoms with Crippen LogP contribution in [-0.2, 0) is 13.1 Å². The molecule has 0 unspecified atom stereocenters. The van der Waals surface area contributed by atoms with Gasteiger partial charge in [-0.3, -0.25) is 4.90 Å². The van der Waals surface area contributed by atoms with Crippen molar-refractivity contribution < 1.29 is 13.2 Å². The van der Waals surface area contributed by atoms with E-state index >= 15 is 0 Å². The number of alkyl halides is 2. The van der Waals surface area contributed by atoms with Crippen LogP contribution in [0.1, 0.15) is 24.0 Å². The fourth-order valence-corrected chi connectivity index (χ4v) is 1.67. The lowest BCUT2D eigenvalue weighted by atomic mass is 10.2. The third kappa shape index (κ3) is 4.83. The molecule has 1 aromatic rings. The smallest absolute Gasteiger partial charge is 0.251 e. The van der Waals surface area contributed by atoms with Gasteiger partial charge in [0, 0.05) is 12.1 Å². The van der Waals surface area contributed by atoms with Crippen LogP contribution in [0.25, 0.3) is 0 Å². The zero-order valence-electron chi connectivity index (χ0n) is 10.6. The zero-order chi connectivity index (χ0) is 12.8. The molecule has 1 N–H and O–H groups in total. The predicted octanol–water partition coefficient (Wildman–Crippen LogP) is 2.39. The molecule has 0 fully saturated rings. The van der Waals surface area contributed by atoms with Gasteiger partial charge in [0.15, 0.2) is 0 Å². The SMILES string of the molecule is CCNCc1cc(CN(C)CC(F)F)oc1C. The zero-order valence-corrected chi connectivity index (χ0v) is 10.6. The Morgan fingerprint density at radius 3 is 2.76 bits per heavy atom. The first kappa shape index (κ1) is 14.1. The molecule has 5 heteroatoms. The number of furan rings is 1. The Kier molecular flexibility index (Phi) is 5.58. The van der Waals surface area contributed by atoms with Gasteiger partial charge in [0.25, 0.3) is 6.43 Å². The molecule has 0 aliphatic heterocycles. The van der Waals surface area contributed by atoms with Gasteiger partial charge >= 0.3 is 0 Å². The van der Waals surface area contributed by atoms with E-state index in [1.165, 1.54) is 0 Å². The second-order valence-corrected chi connectivity index (χ2v) is 4.16. The van der Waals surface area contributed by atoms with E-state index in [9.17, 15) is 8.78 Å². The molecule has 17 heavy (non-hydrogen) atoms. The molecule has 1 aromatic heterocycles. The standard InChI is InChI=1S/C12H20F2N2O/c1-4-15-6-10-5-11(17-9(10)2)7-16(3)8-12(13)14/h5,12,15H,4,6-8H2,1-3H3. The number of hydrogen-bond donors (Lipinski definition) is 1. The minimum absolute atomic E-state index is 0.234. The van der Waals surface area contributed by atoms with Crippen LogP contribution < -0.4 is 5.32 Å². The average Bonchev–Trinajstić information content (AvgIpc) is 2.54. The van der Waals surface area contributed by atoms with Gasteiger partial charge in [-0.2, -0.15) is 0 Å². The topological polar surface area (TPSA) is 28.4 Å². The molecule has 98 valence electrons. The van der Waals surface area contributed by atoms with Crippen molar-refractivity contribution in [1.82, 2.24) is 10.2 Å². The van der Waals surface area contributed by atoms with Gasteiger partial charge in [0.05, 0.1) is 13.1 Å². The summed E-state index contributed by atoms with van der Waals surface area (Å²) in [5.41, 5.74) is 1.09. The Bertz CT molecular complexity index is 339. The highest BCUT2D eigenvalue weighted by Gasteiger charge is 2.12. The molecule has 1 rings (SSSR count). The summed E-state index contributed by atoms with van der Waals surface area (Å²) in [4.78, 5) is 1.56. The van der Waals surface area contributed by atoms with Gasteiger partial charge in [0.2, 0.25) is 0 Å². The highest BCUT2D eigenvalue weighted by Crippen LogP contribution is 2.16. The summed E-state index contributed by atoms with van der Waals surface area (Å²) in [6.45, 7) is 5.76. The van der Waals surface area contributed by atoms with Gasteiger partial charge in [-0.15, -0.1) is 0 Å². The minimum Gasteiger partial charge on any atom is -0.465 e. The summed E-state index contributed by atoms with van der Waals surface area (Å²) in [5.74, 6) is 1.59. The van der Waals surface area contributed by atoms with Crippen LogP contribution in [0.15, 0.2) is 10.5 Å². The summed E-state index contributed by atoms with van der Waals surface area (Å²) >= 11 is 0. The van der Waals surface area contributed by atoms with Crippen LogP contribution in [0.2, 0.25) is 0 Å². The largest absolute Gasteiger partial charge is 0.465 e. The Morgan fingerprint density at radius 2 is 2.18 bits per heavy atom. The molecule has 0 radical (unpaired) electrons. The van der Waals surface area contributed by atoms with Gasteiger partial charge in [0.1, 0.15) is 11.5 Å². The number of rotatable bonds is 7. The van der Waals surface area contributed by atoms with E-state index in [2.05, 4.69) is 5.32 Å². The molecule has 0 bridgehead atoms. The molecule has 0 aromatic carbocycles. The molecule has 0 aliphatic carbocycles. The Hall–Kier alpha value is -0.940. The fraction of sp³-hybridized carbons (Fsp3) is 0.667. The predicted molar refractivity (Wildman–Crippen MR) is 63.2 cm³/mol. The lowest BCUT2D eigenvalue weighted by Crippen LogP contribution is -2.23. The van der Waals surface area contributed by atoms with E-state index in [1.54, 1.807) is 11.9 Å². The summed E-state index contributed by atoms with van der Waals surface area (Å²) in [6, 6.07) is 1.93. The van der Waals surface area contributed by atoms with E-state index in [0.717, 1.165) is 30.2 Å². The molecular weight excluding hydrogens is 226 g/mol. The number of nitrogens with zero attached hydrogens (tertiary/aromatic N) is 1. The van der Waals surface area contributed by atoms with E-state index in [-0.39, 0.29) is 6.54 Å². The van der Waals surface area contributed by atoms with Crippen LogP contribution in [0, 0.1) is 6.92 Å². The molecule has 0 amide bonds. The monoisotopic (exact) mass is 246 g/mol. The molecule has 0 spiro atoms. The highest BCUT2D eigenvalue weighted by atomic mass is 19.3. The van der Waals surface area contributed by atoms with Crippen molar-refractivity contribution in [2.75, 3.05) is 20.1 Å². The summed E-state index contributed by atoms with van der Waals surface area (Å²) in [5, 5.41) is 3.21. The third-order valence-electron chi connectivity index (χ3n) is 2.51. The lowest BCUT2D eigenvalue weighted by Gasteiger charge is -2.13. The fourth-order valence-electron chi connectivity index (χ4n) is 1.67. The molecule has 0 atom stereocenters. The van der Waals surface area contributed by atoms with Crippen LogP contribution in [0.5, 0.6) is 0 Å². The summed E-state index contributed by atoms with van der Waals surface area (Å²) in [7, 11) is 1.66. The second kappa shape index (κ2) is 6.71. The summed E-state index contributed by atoms with van der Waals surface area (Å²) in [6.07, 6.45) is -2.31. The lowest BCUT2D eigenvalue weighted by molar-refractivity contribution is 0.0945. The van der Waals surface area contributed by atoms with E-state index in [1.807, 2.05) is 19.9 Å². The Balaban J connectivity index is 2.54. The van der Waals surface area contributed by atoms with Crippen LogP contribution in [0.3, 0.4) is 0 Å². The van der Waals surface area contributed by atoms with Gasteiger partial charge in [-0.1, -0.05) is 6.92 Å². The molecular formula is C12H20F2N2O. The maximum Gasteiger partial charge on any atom is 0.251 e. The van der Waals surface area contributed by atoms with Crippen molar-refractivity contribution in [3.63, 3.8) is 0 Å². The van der Waals surface area contributed by atoms with Crippen molar-refractivity contribution in [2.24, 2.45) is 0 Å². The number of halogens is 2. The van der Waals surface area contributed by atoms with Crippen molar-refractivity contribution in [2.45, 2.75) is 33.4 Å². The Morgan fingerprint density at radius 1 is 1.47 bits per heavy atom. The number of nitrogens with one attached hydrogen (secondary N) is 1. The number of aryl methyl sites for hydroxylation is 1. The first-order valence-electron chi connectivity index (χ1n) is 5.78. The molecule has 3 nitrogen and oxygen atoms in total. The van der Waals surface area contributed by atoms with Crippen molar-refractivity contribution in [1.29, 1.82) is 0 Å². The van der Waals surface area contributed by atoms with Gasteiger partial charge < -0.3 is 9.73 Å². The Labute approximate surface area is 101 Å².